The molecule has 10 heavy (non-hydrogen) atoms. The first-order valence-corrected chi connectivity index (χ1v) is 4.50. The number of H-pyrrole nitrogens is 1. The summed E-state index contributed by atoms with van der Waals surface area (Å²) in [5.41, 5.74) is 0.679. The molecular formula is C6H5Br2NO. The van der Waals surface area contributed by atoms with Gasteiger partial charge in [-0.1, -0.05) is 31.9 Å². The van der Waals surface area contributed by atoms with Crippen LogP contribution in [0.15, 0.2) is 18.5 Å². The van der Waals surface area contributed by atoms with Crippen LogP contribution in [0.4, 0.5) is 0 Å². The van der Waals surface area contributed by atoms with Crippen LogP contribution in [-0.4, -0.2) is 14.5 Å². The molecule has 0 unspecified atom stereocenters. The number of alkyl halides is 2. The molecule has 0 spiro atoms. The molecule has 0 aromatic carbocycles. The second kappa shape index (κ2) is 3.34. The molecule has 0 aliphatic heterocycles. The first-order valence-electron chi connectivity index (χ1n) is 2.67. The quantitative estimate of drug-likeness (QED) is 0.647. The number of hydrogen-bond donors (Lipinski definition) is 1. The van der Waals surface area contributed by atoms with E-state index in [2.05, 4.69) is 36.8 Å². The second-order valence-corrected chi connectivity index (χ2v) is 4.82. The van der Waals surface area contributed by atoms with Gasteiger partial charge in [-0.05, 0) is 6.07 Å². The van der Waals surface area contributed by atoms with Gasteiger partial charge in [-0.15, -0.1) is 0 Å². The minimum absolute atomic E-state index is 0.0289. The molecule has 1 N–H and O–H groups in total. The van der Waals surface area contributed by atoms with Gasteiger partial charge in [0.25, 0.3) is 0 Å². The zero-order valence-corrected chi connectivity index (χ0v) is 8.15. The molecule has 0 aliphatic carbocycles. The maximum Gasteiger partial charge on any atom is 0.188 e. The Morgan fingerprint density at radius 3 is 2.70 bits per heavy atom. The van der Waals surface area contributed by atoms with E-state index >= 15 is 0 Å². The van der Waals surface area contributed by atoms with Crippen molar-refractivity contribution in [1.29, 1.82) is 0 Å². The number of aromatic amines is 1. The lowest BCUT2D eigenvalue weighted by molar-refractivity contribution is 0.101. The minimum Gasteiger partial charge on any atom is -0.367 e. The van der Waals surface area contributed by atoms with Crippen molar-refractivity contribution >= 4 is 37.6 Å². The Kier molecular flexibility index (Phi) is 2.68. The predicted octanol–water partition coefficient (Wildman–Crippen LogP) is 2.31. The molecule has 1 rings (SSSR count). The SMILES string of the molecule is O=C(c1cc[nH]c1)C(Br)Br. The van der Waals surface area contributed by atoms with Crippen LogP contribution < -0.4 is 0 Å². The highest BCUT2D eigenvalue weighted by Crippen LogP contribution is 2.14. The number of carbonyl (C=O) groups excluding carboxylic acids is 1. The van der Waals surface area contributed by atoms with Gasteiger partial charge in [-0.3, -0.25) is 4.79 Å². The number of rotatable bonds is 2. The molecule has 0 saturated heterocycles. The van der Waals surface area contributed by atoms with Crippen molar-refractivity contribution in [1.82, 2.24) is 4.98 Å². The molecule has 0 atom stereocenters. The summed E-state index contributed by atoms with van der Waals surface area (Å²) in [6.45, 7) is 0. The maximum absolute atomic E-state index is 11.1. The Balaban J connectivity index is 2.78. The number of ketones is 1. The van der Waals surface area contributed by atoms with Crippen molar-refractivity contribution in [2.24, 2.45) is 0 Å². The van der Waals surface area contributed by atoms with Gasteiger partial charge in [0, 0.05) is 18.0 Å². The highest BCUT2D eigenvalue weighted by Gasteiger charge is 2.12. The second-order valence-electron chi connectivity index (χ2n) is 1.76. The summed E-state index contributed by atoms with van der Waals surface area (Å²) in [5.74, 6) is 0.0289. The molecule has 0 radical (unpaired) electrons. The van der Waals surface area contributed by atoms with Gasteiger partial charge in [0.1, 0.15) is 3.74 Å². The number of carbonyl (C=O) groups is 1. The first kappa shape index (κ1) is 8.01. The van der Waals surface area contributed by atoms with Crippen molar-refractivity contribution in [3.05, 3.63) is 24.0 Å². The fraction of sp³-hybridized carbons (Fsp3) is 0.167. The monoisotopic (exact) mass is 265 g/mol. The molecule has 0 amide bonds. The normalized spacial score (nSPS) is 10.3. The summed E-state index contributed by atoms with van der Waals surface area (Å²) in [5, 5.41) is 0. The Labute approximate surface area is 75.3 Å². The van der Waals surface area contributed by atoms with Crippen molar-refractivity contribution in [3.8, 4) is 0 Å². The van der Waals surface area contributed by atoms with Gasteiger partial charge < -0.3 is 4.98 Å². The molecule has 1 aromatic heterocycles. The van der Waals surface area contributed by atoms with Gasteiger partial charge in [0.2, 0.25) is 0 Å². The molecule has 1 heterocycles. The van der Waals surface area contributed by atoms with Gasteiger partial charge in [0.05, 0.1) is 0 Å². The minimum atomic E-state index is -0.282. The summed E-state index contributed by atoms with van der Waals surface area (Å²) in [7, 11) is 0. The highest BCUT2D eigenvalue weighted by atomic mass is 79.9. The third-order valence-corrected chi connectivity index (χ3v) is 1.91. The molecule has 0 saturated carbocycles. The van der Waals surface area contributed by atoms with E-state index in [0.29, 0.717) is 5.56 Å². The fourth-order valence-electron chi connectivity index (χ4n) is 0.603. The highest BCUT2D eigenvalue weighted by molar-refractivity contribution is 9.25. The van der Waals surface area contributed by atoms with Crippen LogP contribution in [0, 0.1) is 0 Å². The van der Waals surface area contributed by atoms with Gasteiger partial charge in [0.15, 0.2) is 5.78 Å². The summed E-state index contributed by atoms with van der Waals surface area (Å²) in [6.07, 6.45) is 3.38. The van der Waals surface area contributed by atoms with Crippen LogP contribution in [0.25, 0.3) is 0 Å². The number of Topliss-reactive ketones (excluding diaryl/α,β-unsaturated/α-hetero) is 1. The van der Waals surface area contributed by atoms with E-state index in [4.69, 9.17) is 0 Å². The zero-order chi connectivity index (χ0) is 7.56. The third-order valence-electron chi connectivity index (χ3n) is 1.08. The fourth-order valence-corrected chi connectivity index (χ4v) is 1.13. The van der Waals surface area contributed by atoms with Crippen LogP contribution in [0.3, 0.4) is 0 Å². The zero-order valence-electron chi connectivity index (χ0n) is 4.97. The summed E-state index contributed by atoms with van der Waals surface area (Å²) in [4.78, 5) is 13.9. The molecule has 54 valence electrons. The average molecular weight is 267 g/mol. The average Bonchev–Trinajstić information content (AvgIpc) is 2.36. The van der Waals surface area contributed by atoms with E-state index in [-0.39, 0.29) is 9.52 Å². The smallest absolute Gasteiger partial charge is 0.188 e. The summed E-state index contributed by atoms with van der Waals surface area (Å²) < 4.78 is -0.282. The van der Waals surface area contributed by atoms with Crippen LogP contribution in [0.2, 0.25) is 0 Å². The van der Waals surface area contributed by atoms with E-state index in [1.54, 1.807) is 18.5 Å². The summed E-state index contributed by atoms with van der Waals surface area (Å²) >= 11 is 6.23. The molecule has 1 aromatic rings. The van der Waals surface area contributed by atoms with Crippen molar-refractivity contribution < 1.29 is 4.79 Å². The maximum atomic E-state index is 11.1. The molecular weight excluding hydrogens is 262 g/mol. The molecule has 0 aliphatic rings. The number of hydrogen-bond acceptors (Lipinski definition) is 1. The van der Waals surface area contributed by atoms with Crippen molar-refractivity contribution in [3.63, 3.8) is 0 Å². The molecule has 0 fully saturated rings. The van der Waals surface area contributed by atoms with E-state index in [1.807, 2.05) is 0 Å². The topological polar surface area (TPSA) is 32.9 Å². The molecule has 4 heteroatoms. The van der Waals surface area contributed by atoms with E-state index in [0.717, 1.165) is 0 Å². The number of nitrogens with one attached hydrogen (secondary N) is 1. The predicted molar refractivity (Wildman–Crippen MR) is 46.8 cm³/mol. The lowest BCUT2D eigenvalue weighted by Gasteiger charge is -1.94. The standard InChI is InChI=1S/C6H5Br2NO/c7-6(8)5(10)4-1-2-9-3-4/h1-3,6,9H. The van der Waals surface area contributed by atoms with E-state index in [9.17, 15) is 4.79 Å². The Bertz CT molecular complexity index is 218. The number of halogens is 2. The number of aromatic nitrogens is 1. The third kappa shape index (κ3) is 1.70. The van der Waals surface area contributed by atoms with E-state index < -0.39 is 0 Å². The van der Waals surface area contributed by atoms with Crippen LogP contribution in [-0.2, 0) is 0 Å². The Morgan fingerprint density at radius 1 is 1.60 bits per heavy atom. The first-order chi connectivity index (χ1) is 4.72. The molecule has 2 nitrogen and oxygen atoms in total. The summed E-state index contributed by atoms with van der Waals surface area (Å²) in [6, 6.07) is 1.73. The van der Waals surface area contributed by atoms with Crippen molar-refractivity contribution in [2.75, 3.05) is 0 Å². The van der Waals surface area contributed by atoms with Crippen LogP contribution in [0.5, 0.6) is 0 Å². The van der Waals surface area contributed by atoms with Gasteiger partial charge in [-0.2, -0.15) is 0 Å². The largest absolute Gasteiger partial charge is 0.367 e. The molecule has 0 bridgehead atoms. The lowest BCUT2D eigenvalue weighted by Crippen LogP contribution is -2.04. The van der Waals surface area contributed by atoms with Gasteiger partial charge in [-0.25, -0.2) is 0 Å². The lowest BCUT2D eigenvalue weighted by atomic mass is 10.2. The van der Waals surface area contributed by atoms with Gasteiger partial charge >= 0.3 is 0 Å². The Morgan fingerprint density at radius 2 is 2.30 bits per heavy atom. The van der Waals surface area contributed by atoms with Crippen LogP contribution in [0.1, 0.15) is 10.4 Å². The van der Waals surface area contributed by atoms with E-state index in [1.165, 1.54) is 0 Å². The Hall–Kier alpha value is -0.0900. The van der Waals surface area contributed by atoms with Crippen molar-refractivity contribution in [2.45, 2.75) is 3.74 Å². The van der Waals surface area contributed by atoms with Crippen LogP contribution >= 0.6 is 31.9 Å².